The summed E-state index contributed by atoms with van der Waals surface area (Å²) >= 11 is 1.30. The van der Waals surface area contributed by atoms with Gasteiger partial charge in [0, 0.05) is 13.0 Å². The number of hydrogen-bond acceptors (Lipinski definition) is 6. The van der Waals surface area contributed by atoms with E-state index in [1.807, 2.05) is 0 Å². The molecule has 2 aliphatic rings. The number of nitrogens with zero attached hydrogens (tertiary/aromatic N) is 2. The normalized spacial score (nSPS) is 19.9. The minimum atomic E-state index is -0.495. The minimum absolute atomic E-state index is 0.101. The smallest absolute Gasteiger partial charge is 0.316 e. The van der Waals surface area contributed by atoms with E-state index in [4.69, 9.17) is 4.74 Å². The first-order valence-corrected chi connectivity index (χ1v) is 9.19. The van der Waals surface area contributed by atoms with Gasteiger partial charge in [0.05, 0.1) is 16.9 Å². The Morgan fingerprint density at radius 1 is 1.33 bits per heavy atom. The maximum Gasteiger partial charge on any atom is 0.316 e. The largest absolute Gasteiger partial charge is 0.465 e. The van der Waals surface area contributed by atoms with Crippen LogP contribution >= 0.6 is 11.3 Å². The zero-order chi connectivity index (χ0) is 16.8. The van der Waals surface area contributed by atoms with E-state index in [0.29, 0.717) is 46.9 Å². The molecule has 1 atom stereocenters. The van der Waals surface area contributed by atoms with Gasteiger partial charge in [-0.3, -0.25) is 19.0 Å². The summed E-state index contributed by atoms with van der Waals surface area (Å²) in [4.78, 5) is 43.3. The first-order valence-electron chi connectivity index (χ1n) is 8.37. The van der Waals surface area contributed by atoms with Crippen molar-refractivity contribution in [2.75, 3.05) is 6.61 Å². The van der Waals surface area contributed by atoms with Crippen molar-refractivity contribution in [2.45, 2.75) is 51.5 Å². The standard InChI is InChI=1S/C17H18N2O4S/c1-2-23-17(22)10-6-4-8-19-14(10)18-15-12(16(19)21)9-5-3-7-11(20)13(9)24-15/h10H,2-8H2,1H3. The van der Waals surface area contributed by atoms with Gasteiger partial charge in [-0.1, -0.05) is 0 Å². The first kappa shape index (κ1) is 15.5. The van der Waals surface area contributed by atoms with E-state index in [1.54, 1.807) is 11.5 Å². The summed E-state index contributed by atoms with van der Waals surface area (Å²) in [6, 6.07) is 0. The average Bonchev–Trinajstić information content (AvgIpc) is 2.95. The highest BCUT2D eigenvalue weighted by atomic mass is 32.1. The van der Waals surface area contributed by atoms with Crippen molar-refractivity contribution >= 4 is 33.3 Å². The fourth-order valence-electron chi connectivity index (χ4n) is 3.69. The molecule has 1 unspecified atom stereocenters. The van der Waals surface area contributed by atoms with Crippen LogP contribution in [0.5, 0.6) is 0 Å². The molecule has 4 rings (SSSR count). The van der Waals surface area contributed by atoms with E-state index in [9.17, 15) is 14.4 Å². The SMILES string of the molecule is CCOC(=O)C1CCCn2c1nc1sc3c(c1c2=O)CCCC3=O. The molecule has 6 nitrogen and oxygen atoms in total. The lowest BCUT2D eigenvalue weighted by atomic mass is 9.95. The molecule has 0 radical (unpaired) electrons. The van der Waals surface area contributed by atoms with Gasteiger partial charge in [0.25, 0.3) is 5.56 Å². The van der Waals surface area contributed by atoms with Crippen LogP contribution in [0.3, 0.4) is 0 Å². The van der Waals surface area contributed by atoms with Crippen LogP contribution < -0.4 is 5.56 Å². The van der Waals surface area contributed by atoms with E-state index >= 15 is 0 Å². The molecule has 0 saturated heterocycles. The minimum Gasteiger partial charge on any atom is -0.465 e. The van der Waals surface area contributed by atoms with Gasteiger partial charge in [-0.25, -0.2) is 4.98 Å². The third kappa shape index (κ3) is 2.22. The Hall–Kier alpha value is -2.02. The van der Waals surface area contributed by atoms with Crippen LogP contribution in [0, 0.1) is 0 Å². The Morgan fingerprint density at radius 2 is 2.17 bits per heavy atom. The molecule has 1 aliphatic heterocycles. The molecule has 0 N–H and O–H groups in total. The quantitative estimate of drug-likeness (QED) is 0.780. The predicted molar refractivity (Wildman–Crippen MR) is 89.8 cm³/mol. The van der Waals surface area contributed by atoms with Crippen LogP contribution in [0.2, 0.25) is 0 Å². The van der Waals surface area contributed by atoms with E-state index in [2.05, 4.69) is 4.98 Å². The number of fused-ring (bicyclic) bond motifs is 4. The summed E-state index contributed by atoms with van der Waals surface area (Å²) in [7, 11) is 0. The van der Waals surface area contributed by atoms with E-state index in [-0.39, 0.29) is 17.3 Å². The Bertz CT molecular complexity index is 911. The molecule has 3 heterocycles. The fourth-order valence-corrected chi connectivity index (χ4v) is 4.88. The van der Waals surface area contributed by atoms with Gasteiger partial charge in [0.2, 0.25) is 0 Å². The molecule has 126 valence electrons. The van der Waals surface area contributed by atoms with Gasteiger partial charge >= 0.3 is 5.97 Å². The molecule has 2 aromatic rings. The first-order chi connectivity index (χ1) is 11.6. The number of carbonyl (C=O) groups excluding carboxylic acids is 2. The molecule has 0 bridgehead atoms. The predicted octanol–water partition coefficient (Wildman–Crippen LogP) is 2.42. The number of carbonyl (C=O) groups is 2. The Balaban J connectivity index is 1.93. The van der Waals surface area contributed by atoms with Crippen LogP contribution in [0.15, 0.2) is 4.79 Å². The number of ether oxygens (including phenoxy) is 1. The van der Waals surface area contributed by atoms with Crippen molar-refractivity contribution in [2.24, 2.45) is 0 Å². The second-order valence-electron chi connectivity index (χ2n) is 6.24. The molecule has 0 fully saturated rings. The Kier molecular flexibility index (Phi) is 3.75. The zero-order valence-electron chi connectivity index (χ0n) is 13.5. The van der Waals surface area contributed by atoms with Crippen molar-refractivity contribution in [3.05, 3.63) is 26.6 Å². The van der Waals surface area contributed by atoms with Crippen molar-refractivity contribution in [1.29, 1.82) is 0 Å². The zero-order valence-corrected chi connectivity index (χ0v) is 14.3. The van der Waals surface area contributed by atoms with Crippen LogP contribution in [0.4, 0.5) is 0 Å². The van der Waals surface area contributed by atoms with E-state index in [1.165, 1.54) is 11.3 Å². The molecule has 24 heavy (non-hydrogen) atoms. The lowest BCUT2D eigenvalue weighted by molar-refractivity contribution is -0.145. The highest BCUT2D eigenvalue weighted by Gasteiger charge is 2.33. The fraction of sp³-hybridized carbons (Fsp3) is 0.529. The molecule has 0 amide bonds. The maximum atomic E-state index is 13.0. The molecule has 0 aromatic carbocycles. The molecule has 7 heteroatoms. The molecule has 0 saturated carbocycles. The number of rotatable bonds is 2. The Morgan fingerprint density at radius 3 is 2.96 bits per heavy atom. The maximum absolute atomic E-state index is 13.0. The van der Waals surface area contributed by atoms with Gasteiger partial charge in [-0.05, 0) is 38.2 Å². The lowest BCUT2D eigenvalue weighted by Crippen LogP contribution is -2.34. The van der Waals surface area contributed by atoms with Gasteiger partial charge in [0.1, 0.15) is 16.6 Å². The highest BCUT2D eigenvalue weighted by Crippen LogP contribution is 2.35. The van der Waals surface area contributed by atoms with E-state index in [0.717, 1.165) is 24.8 Å². The summed E-state index contributed by atoms with van der Waals surface area (Å²) in [5.74, 6) is -0.230. The third-order valence-electron chi connectivity index (χ3n) is 4.78. The monoisotopic (exact) mass is 346 g/mol. The summed E-state index contributed by atoms with van der Waals surface area (Å²) < 4.78 is 6.75. The Labute approximate surface area is 142 Å². The number of aromatic nitrogens is 2. The van der Waals surface area contributed by atoms with Gasteiger partial charge in [-0.2, -0.15) is 0 Å². The van der Waals surface area contributed by atoms with Gasteiger partial charge < -0.3 is 4.74 Å². The highest BCUT2D eigenvalue weighted by molar-refractivity contribution is 7.20. The van der Waals surface area contributed by atoms with Crippen LogP contribution in [0.25, 0.3) is 10.2 Å². The second kappa shape index (κ2) is 5.81. The number of hydrogen-bond donors (Lipinski definition) is 0. The van der Waals surface area contributed by atoms with Crippen LogP contribution in [-0.4, -0.2) is 27.9 Å². The molecular formula is C17H18N2O4S. The van der Waals surface area contributed by atoms with Crippen molar-refractivity contribution in [1.82, 2.24) is 9.55 Å². The van der Waals surface area contributed by atoms with Crippen LogP contribution in [0.1, 0.15) is 59.6 Å². The number of thiophene rings is 1. The van der Waals surface area contributed by atoms with Crippen LogP contribution in [-0.2, 0) is 22.5 Å². The van der Waals surface area contributed by atoms with Crippen molar-refractivity contribution < 1.29 is 14.3 Å². The number of Topliss-reactive ketones (excluding diaryl/α,β-unsaturated/α-hetero) is 1. The second-order valence-corrected chi connectivity index (χ2v) is 7.24. The lowest BCUT2D eigenvalue weighted by Gasteiger charge is -2.24. The summed E-state index contributed by atoms with van der Waals surface area (Å²) in [5.41, 5.74) is 0.744. The summed E-state index contributed by atoms with van der Waals surface area (Å²) in [6.45, 7) is 2.64. The molecule has 1 aliphatic carbocycles. The molecule has 2 aromatic heterocycles. The topological polar surface area (TPSA) is 78.3 Å². The average molecular weight is 346 g/mol. The molecule has 0 spiro atoms. The van der Waals surface area contributed by atoms with E-state index < -0.39 is 5.92 Å². The molecular weight excluding hydrogens is 328 g/mol. The summed E-state index contributed by atoms with van der Waals surface area (Å²) in [5, 5.41) is 0.580. The van der Waals surface area contributed by atoms with Gasteiger partial charge in [0.15, 0.2) is 5.78 Å². The third-order valence-corrected chi connectivity index (χ3v) is 5.95. The summed E-state index contributed by atoms with van der Waals surface area (Å²) in [6.07, 6.45) is 3.45. The van der Waals surface area contributed by atoms with Gasteiger partial charge in [-0.15, -0.1) is 11.3 Å². The number of esters is 1. The van der Waals surface area contributed by atoms with Crippen molar-refractivity contribution in [3.8, 4) is 0 Å². The number of ketones is 1. The number of aryl methyl sites for hydroxylation is 1. The van der Waals surface area contributed by atoms with Crippen molar-refractivity contribution in [3.63, 3.8) is 0 Å².